The Morgan fingerprint density at radius 2 is 1.57 bits per heavy atom. The molecule has 2 aromatic carbocycles. The number of hydrogen-bond donors (Lipinski definition) is 0. The summed E-state index contributed by atoms with van der Waals surface area (Å²) in [6, 6.07) is 17.6. The summed E-state index contributed by atoms with van der Waals surface area (Å²) in [7, 11) is 0. The predicted octanol–water partition coefficient (Wildman–Crippen LogP) is 7.35. The zero-order chi connectivity index (χ0) is 20.2. The maximum atomic E-state index is 12.8. The lowest BCUT2D eigenvalue weighted by molar-refractivity contribution is -0.137. The van der Waals surface area contributed by atoms with Gasteiger partial charge in [-0.1, -0.05) is 48.4 Å². The SMILES string of the molecule is C#CC(C)(CCCc1sccc1-c1ccccc1)c1ccc(C(F)(F)F)cc1. The number of halogens is 3. The van der Waals surface area contributed by atoms with Crippen molar-refractivity contribution >= 4 is 11.3 Å². The summed E-state index contributed by atoms with van der Waals surface area (Å²) in [4.78, 5) is 1.30. The molecule has 0 aliphatic rings. The maximum Gasteiger partial charge on any atom is 0.416 e. The van der Waals surface area contributed by atoms with Crippen LogP contribution in [0.2, 0.25) is 0 Å². The number of rotatable bonds is 6. The standard InChI is InChI=1S/C24H21F3S/c1-3-23(2,19-11-13-20(14-12-19)24(25,26)27)16-7-10-22-21(15-17-28-22)18-8-5-4-6-9-18/h1,4-6,8-9,11-15,17H,7,10,16H2,2H3. The minimum atomic E-state index is -4.34. The van der Waals surface area contributed by atoms with Crippen LogP contribution < -0.4 is 0 Å². The fraction of sp³-hybridized carbons (Fsp3) is 0.250. The van der Waals surface area contributed by atoms with E-state index in [-0.39, 0.29) is 0 Å². The molecule has 144 valence electrons. The second-order valence-corrected chi connectivity index (χ2v) is 8.03. The number of alkyl halides is 3. The molecule has 0 spiro atoms. The Hall–Kier alpha value is -2.51. The Balaban J connectivity index is 1.70. The summed E-state index contributed by atoms with van der Waals surface area (Å²) in [5, 5.41) is 2.09. The lowest BCUT2D eigenvalue weighted by atomic mass is 9.78. The van der Waals surface area contributed by atoms with Gasteiger partial charge in [-0.15, -0.1) is 17.8 Å². The van der Waals surface area contributed by atoms with Gasteiger partial charge < -0.3 is 0 Å². The predicted molar refractivity (Wildman–Crippen MR) is 110 cm³/mol. The minimum absolute atomic E-state index is 0.589. The molecule has 28 heavy (non-hydrogen) atoms. The number of hydrogen-bond acceptors (Lipinski definition) is 1. The molecule has 0 aliphatic heterocycles. The highest BCUT2D eigenvalue weighted by Gasteiger charge is 2.31. The van der Waals surface area contributed by atoms with Crippen LogP contribution in [0.25, 0.3) is 11.1 Å². The second-order valence-electron chi connectivity index (χ2n) is 7.03. The van der Waals surface area contributed by atoms with Crippen molar-refractivity contribution in [2.24, 2.45) is 0 Å². The fourth-order valence-corrected chi connectivity index (χ4v) is 4.28. The molecule has 3 rings (SSSR count). The van der Waals surface area contributed by atoms with Crippen LogP contribution in [0.1, 0.15) is 35.8 Å². The van der Waals surface area contributed by atoms with Crippen LogP contribution >= 0.6 is 11.3 Å². The molecule has 0 bridgehead atoms. The summed E-state index contributed by atoms with van der Waals surface area (Å²) in [6.45, 7) is 1.92. The molecule has 0 radical (unpaired) electrons. The van der Waals surface area contributed by atoms with Gasteiger partial charge in [0.2, 0.25) is 0 Å². The van der Waals surface area contributed by atoms with Gasteiger partial charge in [-0.2, -0.15) is 13.2 Å². The number of benzene rings is 2. The van der Waals surface area contributed by atoms with E-state index in [4.69, 9.17) is 6.42 Å². The molecule has 0 amide bonds. The van der Waals surface area contributed by atoms with Crippen LogP contribution in [0.15, 0.2) is 66.0 Å². The molecule has 0 nitrogen and oxygen atoms in total. The Labute approximate surface area is 168 Å². The topological polar surface area (TPSA) is 0 Å². The van der Waals surface area contributed by atoms with E-state index in [1.165, 1.54) is 28.1 Å². The van der Waals surface area contributed by atoms with Crippen LogP contribution in [0, 0.1) is 12.3 Å². The Bertz CT molecular complexity index is 946. The zero-order valence-corrected chi connectivity index (χ0v) is 16.4. The highest BCUT2D eigenvalue weighted by molar-refractivity contribution is 7.10. The van der Waals surface area contributed by atoms with Crippen molar-refractivity contribution in [2.75, 3.05) is 0 Å². The van der Waals surface area contributed by atoms with E-state index in [1.807, 2.05) is 25.1 Å². The lowest BCUT2D eigenvalue weighted by Crippen LogP contribution is -2.20. The molecule has 0 saturated carbocycles. The van der Waals surface area contributed by atoms with Crippen LogP contribution in [0.4, 0.5) is 13.2 Å². The van der Waals surface area contributed by atoms with Crippen molar-refractivity contribution in [3.8, 4) is 23.5 Å². The largest absolute Gasteiger partial charge is 0.416 e. The lowest BCUT2D eigenvalue weighted by Gasteiger charge is -2.24. The van der Waals surface area contributed by atoms with Gasteiger partial charge in [0.05, 0.1) is 11.0 Å². The number of terminal acetylenes is 1. The van der Waals surface area contributed by atoms with E-state index in [2.05, 4.69) is 29.5 Å². The van der Waals surface area contributed by atoms with E-state index in [9.17, 15) is 13.2 Å². The van der Waals surface area contributed by atoms with E-state index >= 15 is 0 Å². The fourth-order valence-electron chi connectivity index (χ4n) is 3.34. The van der Waals surface area contributed by atoms with Gasteiger partial charge >= 0.3 is 6.18 Å². The van der Waals surface area contributed by atoms with E-state index in [0.717, 1.165) is 30.5 Å². The summed E-state index contributed by atoms with van der Waals surface area (Å²) in [6.07, 6.45) is 3.90. The van der Waals surface area contributed by atoms with E-state index in [0.29, 0.717) is 6.42 Å². The summed E-state index contributed by atoms with van der Waals surface area (Å²) in [5.74, 6) is 2.80. The molecule has 0 fully saturated rings. The quantitative estimate of drug-likeness (QED) is 0.381. The molecule has 1 atom stereocenters. The smallest absolute Gasteiger partial charge is 0.166 e. The van der Waals surface area contributed by atoms with Gasteiger partial charge in [0, 0.05) is 4.88 Å². The normalized spacial score (nSPS) is 13.7. The first-order chi connectivity index (χ1) is 13.3. The second kappa shape index (κ2) is 8.24. The van der Waals surface area contributed by atoms with Crippen molar-refractivity contribution in [3.05, 3.63) is 82.0 Å². The number of thiophene rings is 1. The molecule has 1 unspecified atom stereocenters. The molecule has 3 aromatic rings. The third-order valence-corrected chi connectivity index (χ3v) is 6.06. The zero-order valence-electron chi connectivity index (χ0n) is 15.6. The maximum absolute atomic E-state index is 12.8. The molecule has 4 heteroatoms. The summed E-state index contributed by atoms with van der Waals surface area (Å²) in [5.41, 5.74) is 1.94. The van der Waals surface area contributed by atoms with Crippen LogP contribution in [-0.2, 0) is 18.0 Å². The van der Waals surface area contributed by atoms with Crippen LogP contribution in [0.3, 0.4) is 0 Å². The van der Waals surface area contributed by atoms with E-state index < -0.39 is 17.2 Å². The van der Waals surface area contributed by atoms with Crippen molar-refractivity contribution in [2.45, 2.75) is 37.8 Å². The van der Waals surface area contributed by atoms with Gasteiger partial charge in [-0.25, -0.2) is 0 Å². The molecular formula is C24H21F3S. The van der Waals surface area contributed by atoms with Crippen molar-refractivity contribution in [1.82, 2.24) is 0 Å². The Kier molecular flexibility index (Phi) is 5.96. The van der Waals surface area contributed by atoms with E-state index in [1.54, 1.807) is 11.3 Å². The highest BCUT2D eigenvalue weighted by Crippen LogP contribution is 2.35. The van der Waals surface area contributed by atoms with Gasteiger partial charge in [0.25, 0.3) is 0 Å². The Morgan fingerprint density at radius 3 is 2.18 bits per heavy atom. The van der Waals surface area contributed by atoms with Gasteiger partial charge in [0.1, 0.15) is 0 Å². The average molecular weight is 398 g/mol. The van der Waals surface area contributed by atoms with Crippen molar-refractivity contribution in [3.63, 3.8) is 0 Å². The van der Waals surface area contributed by atoms with Crippen molar-refractivity contribution < 1.29 is 13.2 Å². The van der Waals surface area contributed by atoms with Gasteiger partial charge in [-0.3, -0.25) is 0 Å². The molecule has 0 N–H and O–H groups in total. The first-order valence-corrected chi connectivity index (χ1v) is 9.99. The molecule has 1 heterocycles. The first kappa shape index (κ1) is 20.2. The monoisotopic (exact) mass is 398 g/mol. The molecular weight excluding hydrogens is 377 g/mol. The first-order valence-electron chi connectivity index (χ1n) is 9.11. The van der Waals surface area contributed by atoms with Crippen LogP contribution in [-0.4, -0.2) is 0 Å². The molecule has 0 aliphatic carbocycles. The summed E-state index contributed by atoms with van der Waals surface area (Å²) < 4.78 is 38.4. The Morgan fingerprint density at radius 1 is 0.929 bits per heavy atom. The molecule has 0 saturated heterocycles. The van der Waals surface area contributed by atoms with Crippen molar-refractivity contribution in [1.29, 1.82) is 0 Å². The van der Waals surface area contributed by atoms with Gasteiger partial charge in [-0.05, 0) is 66.5 Å². The third-order valence-electron chi connectivity index (χ3n) is 5.08. The van der Waals surface area contributed by atoms with Gasteiger partial charge in [0.15, 0.2) is 0 Å². The van der Waals surface area contributed by atoms with Crippen LogP contribution in [0.5, 0.6) is 0 Å². The average Bonchev–Trinajstić information content (AvgIpc) is 3.16. The molecule has 1 aromatic heterocycles. The highest BCUT2D eigenvalue weighted by atomic mass is 32.1. The summed E-state index contributed by atoms with van der Waals surface area (Å²) >= 11 is 1.73. The number of aryl methyl sites for hydroxylation is 1. The third kappa shape index (κ3) is 4.48. The minimum Gasteiger partial charge on any atom is -0.166 e.